The SMILES string of the molecule is CC(C)CC(C)(Cl)CC(C)C(C)C. The van der Waals surface area contributed by atoms with Crippen molar-refractivity contribution in [3.8, 4) is 0 Å². The fourth-order valence-electron chi connectivity index (χ4n) is 1.84. The van der Waals surface area contributed by atoms with Gasteiger partial charge in [0.05, 0.1) is 0 Å². The Morgan fingerprint density at radius 3 is 1.77 bits per heavy atom. The van der Waals surface area contributed by atoms with Crippen molar-refractivity contribution in [2.75, 3.05) is 0 Å². The molecule has 0 aliphatic carbocycles. The van der Waals surface area contributed by atoms with E-state index in [2.05, 4.69) is 41.5 Å². The van der Waals surface area contributed by atoms with Gasteiger partial charge in [-0.1, -0.05) is 34.6 Å². The Bertz CT molecular complexity index is 136. The van der Waals surface area contributed by atoms with Gasteiger partial charge in [-0.15, -0.1) is 11.6 Å². The topological polar surface area (TPSA) is 0 Å². The first-order valence-electron chi connectivity index (χ1n) is 5.43. The molecule has 2 unspecified atom stereocenters. The van der Waals surface area contributed by atoms with Crippen LogP contribution in [0.5, 0.6) is 0 Å². The van der Waals surface area contributed by atoms with Gasteiger partial charge in [-0.2, -0.15) is 0 Å². The minimum absolute atomic E-state index is 0.00213. The van der Waals surface area contributed by atoms with Crippen LogP contribution in [0.25, 0.3) is 0 Å². The Balaban J connectivity index is 4.00. The van der Waals surface area contributed by atoms with E-state index in [-0.39, 0.29) is 4.87 Å². The molecular weight excluding hydrogens is 180 g/mol. The summed E-state index contributed by atoms with van der Waals surface area (Å²) in [6, 6.07) is 0. The second kappa shape index (κ2) is 5.24. The van der Waals surface area contributed by atoms with Crippen LogP contribution in [0.1, 0.15) is 54.4 Å². The minimum atomic E-state index is -0.00213. The van der Waals surface area contributed by atoms with Crippen LogP contribution in [0, 0.1) is 17.8 Å². The molecule has 1 heteroatoms. The average Bonchev–Trinajstić information content (AvgIpc) is 1.81. The molecular formula is C12H25Cl. The fraction of sp³-hybridized carbons (Fsp3) is 1.00. The molecule has 0 aromatic rings. The summed E-state index contributed by atoms with van der Waals surface area (Å²) in [7, 11) is 0. The van der Waals surface area contributed by atoms with Crippen molar-refractivity contribution in [3.05, 3.63) is 0 Å². The Kier molecular flexibility index (Phi) is 5.36. The fourth-order valence-corrected chi connectivity index (χ4v) is 2.39. The van der Waals surface area contributed by atoms with Gasteiger partial charge in [-0.25, -0.2) is 0 Å². The van der Waals surface area contributed by atoms with Crippen LogP contribution in [0.2, 0.25) is 0 Å². The van der Waals surface area contributed by atoms with Gasteiger partial charge in [-0.3, -0.25) is 0 Å². The second-order valence-electron chi connectivity index (χ2n) is 5.44. The highest BCUT2D eigenvalue weighted by Gasteiger charge is 2.25. The number of rotatable bonds is 5. The minimum Gasteiger partial charge on any atom is -0.120 e. The Morgan fingerprint density at radius 1 is 1.00 bits per heavy atom. The van der Waals surface area contributed by atoms with Crippen molar-refractivity contribution in [2.24, 2.45) is 17.8 Å². The van der Waals surface area contributed by atoms with Gasteiger partial charge in [0, 0.05) is 4.87 Å². The molecule has 13 heavy (non-hydrogen) atoms. The molecule has 0 nitrogen and oxygen atoms in total. The van der Waals surface area contributed by atoms with E-state index < -0.39 is 0 Å². The van der Waals surface area contributed by atoms with Crippen molar-refractivity contribution in [1.82, 2.24) is 0 Å². The molecule has 0 saturated carbocycles. The molecule has 0 radical (unpaired) electrons. The summed E-state index contributed by atoms with van der Waals surface area (Å²) in [5.74, 6) is 2.16. The van der Waals surface area contributed by atoms with Gasteiger partial charge in [0.25, 0.3) is 0 Å². The predicted molar refractivity (Wildman–Crippen MR) is 62.3 cm³/mol. The predicted octanol–water partition coefficient (Wildman–Crippen LogP) is 4.71. The van der Waals surface area contributed by atoms with E-state index in [9.17, 15) is 0 Å². The lowest BCUT2D eigenvalue weighted by Crippen LogP contribution is -2.24. The average molecular weight is 205 g/mol. The zero-order chi connectivity index (χ0) is 10.6. The van der Waals surface area contributed by atoms with Gasteiger partial charge in [-0.05, 0) is 37.5 Å². The molecule has 0 amide bonds. The van der Waals surface area contributed by atoms with Crippen LogP contribution in [-0.2, 0) is 0 Å². The first-order valence-corrected chi connectivity index (χ1v) is 5.81. The summed E-state index contributed by atoms with van der Waals surface area (Å²) in [5, 5.41) is 0. The highest BCUT2D eigenvalue weighted by Crippen LogP contribution is 2.33. The summed E-state index contributed by atoms with van der Waals surface area (Å²) in [5.41, 5.74) is 0. The molecule has 0 bridgehead atoms. The normalized spacial score (nSPS) is 19.2. The van der Waals surface area contributed by atoms with Crippen LogP contribution in [0.15, 0.2) is 0 Å². The lowest BCUT2D eigenvalue weighted by Gasteiger charge is -2.29. The molecule has 0 aliphatic heterocycles. The van der Waals surface area contributed by atoms with E-state index in [1.165, 1.54) is 0 Å². The maximum atomic E-state index is 6.47. The number of alkyl halides is 1. The van der Waals surface area contributed by atoms with E-state index in [0.717, 1.165) is 24.7 Å². The van der Waals surface area contributed by atoms with Crippen molar-refractivity contribution in [2.45, 2.75) is 59.3 Å². The van der Waals surface area contributed by atoms with Gasteiger partial charge >= 0.3 is 0 Å². The Labute approximate surface area is 89.1 Å². The summed E-state index contributed by atoms with van der Waals surface area (Å²) in [6.07, 6.45) is 2.25. The second-order valence-corrected chi connectivity index (χ2v) is 6.35. The first kappa shape index (κ1) is 13.3. The first-order chi connectivity index (χ1) is 5.74. The van der Waals surface area contributed by atoms with E-state index in [4.69, 9.17) is 11.6 Å². The zero-order valence-electron chi connectivity index (χ0n) is 10.0. The third kappa shape index (κ3) is 6.37. The van der Waals surface area contributed by atoms with Gasteiger partial charge < -0.3 is 0 Å². The van der Waals surface area contributed by atoms with Gasteiger partial charge in [0.15, 0.2) is 0 Å². The van der Waals surface area contributed by atoms with Gasteiger partial charge in [0.2, 0.25) is 0 Å². The van der Waals surface area contributed by atoms with Crippen LogP contribution in [0.3, 0.4) is 0 Å². The molecule has 0 saturated heterocycles. The Morgan fingerprint density at radius 2 is 1.46 bits per heavy atom. The molecule has 80 valence electrons. The maximum absolute atomic E-state index is 6.47. The number of halogens is 1. The van der Waals surface area contributed by atoms with Crippen LogP contribution < -0.4 is 0 Å². The van der Waals surface area contributed by atoms with Crippen molar-refractivity contribution < 1.29 is 0 Å². The molecule has 0 N–H and O–H groups in total. The molecule has 0 aromatic heterocycles. The third-order valence-electron chi connectivity index (χ3n) is 2.72. The van der Waals surface area contributed by atoms with E-state index in [0.29, 0.717) is 5.92 Å². The van der Waals surface area contributed by atoms with E-state index in [1.54, 1.807) is 0 Å². The highest BCUT2D eigenvalue weighted by atomic mass is 35.5. The van der Waals surface area contributed by atoms with Crippen LogP contribution >= 0.6 is 11.6 Å². The van der Waals surface area contributed by atoms with Gasteiger partial charge in [0.1, 0.15) is 0 Å². The van der Waals surface area contributed by atoms with E-state index >= 15 is 0 Å². The summed E-state index contributed by atoms with van der Waals surface area (Å²) >= 11 is 6.47. The Hall–Kier alpha value is 0.290. The molecule has 0 fully saturated rings. The highest BCUT2D eigenvalue weighted by molar-refractivity contribution is 6.23. The summed E-state index contributed by atoms with van der Waals surface area (Å²) < 4.78 is 0. The van der Waals surface area contributed by atoms with Crippen molar-refractivity contribution in [3.63, 3.8) is 0 Å². The smallest absolute Gasteiger partial charge is 0.0423 e. The summed E-state index contributed by atoms with van der Waals surface area (Å²) in [4.78, 5) is -0.00213. The van der Waals surface area contributed by atoms with E-state index in [1.807, 2.05) is 0 Å². The van der Waals surface area contributed by atoms with Crippen LogP contribution in [0.4, 0.5) is 0 Å². The number of hydrogen-bond acceptors (Lipinski definition) is 0. The lowest BCUT2D eigenvalue weighted by atomic mass is 9.84. The molecule has 0 aromatic carbocycles. The van der Waals surface area contributed by atoms with Crippen molar-refractivity contribution in [1.29, 1.82) is 0 Å². The standard InChI is InChI=1S/C12H25Cl/c1-9(2)7-12(6,13)8-11(5)10(3)4/h9-11H,7-8H2,1-6H3. The maximum Gasteiger partial charge on any atom is 0.0423 e. The number of hydrogen-bond donors (Lipinski definition) is 0. The van der Waals surface area contributed by atoms with Crippen LogP contribution in [-0.4, -0.2) is 4.87 Å². The lowest BCUT2D eigenvalue weighted by molar-refractivity contribution is 0.320. The summed E-state index contributed by atoms with van der Waals surface area (Å²) in [6.45, 7) is 13.5. The molecule has 2 atom stereocenters. The zero-order valence-corrected chi connectivity index (χ0v) is 10.8. The monoisotopic (exact) mass is 204 g/mol. The quantitative estimate of drug-likeness (QED) is 0.569. The largest absolute Gasteiger partial charge is 0.120 e. The van der Waals surface area contributed by atoms with Crippen molar-refractivity contribution >= 4 is 11.6 Å². The molecule has 0 heterocycles. The molecule has 0 rings (SSSR count). The molecule has 0 spiro atoms. The molecule has 0 aliphatic rings. The third-order valence-corrected chi connectivity index (χ3v) is 3.03.